The van der Waals surface area contributed by atoms with Crippen LogP contribution in [0.15, 0.2) is 42.5 Å². The highest BCUT2D eigenvalue weighted by Gasteiger charge is 2.21. The lowest BCUT2D eigenvalue weighted by atomic mass is 9.88. The van der Waals surface area contributed by atoms with Crippen molar-refractivity contribution in [3.63, 3.8) is 0 Å². The van der Waals surface area contributed by atoms with Crippen molar-refractivity contribution in [3.8, 4) is 5.75 Å². The number of amides is 3. The molecule has 1 atom stereocenters. The van der Waals surface area contributed by atoms with Crippen LogP contribution in [0, 0.1) is 19.8 Å². The highest BCUT2D eigenvalue weighted by molar-refractivity contribution is 5.97. The summed E-state index contributed by atoms with van der Waals surface area (Å²) in [7, 11) is 0. The van der Waals surface area contributed by atoms with Crippen molar-refractivity contribution < 1.29 is 19.1 Å². The molecule has 2 aromatic rings. The summed E-state index contributed by atoms with van der Waals surface area (Å²) in [6, 6.07) is 12.3. The third kappa shape index (κ3) is 6.33. The summed E-state index contributed by atoms with van der Waals surface area (Å²) in [5.41, 5.74) is 7.76. The summed E-state index contributed by atoms with van der Waals surface area (Å²) >= 11 is 0. The molecule has 0 aromatic heterocycles. The molecule has 0 bridgehead atoms. The van der Waals surface area contributed by atoms with Crippen LogP contribution in [-0.4, -0.2) is 23.8 Å². The average molecular weight is 438 g/mol. The van der Waals surface area contributed by atoms with Gasteiger partial charge in [-0.1, -0.05) is 31.4 Å². The first-order valence-corrected chi connectivity index (χ1v) is 11.1. The van der Waals surface area contributed by atoms with Crippen LogP contribution < -0.4 is 20.9 Å². The minimum Gasteiger partial charge on any atom is -0.481 e. The number of anilines is 1. The maximum atomic E-state index is 12.4. The number of ether oxygens (including phenoxy) is 1. The summed E-state index contributed by atoms with van der Waals surface area (Å²) in [4.78, 5) is 37.0. The first-order chi connectivity index (χ1) is 15.3. The predicted octanol–water partition coefficient (Wildman–Crippen LogP) is 4.05. The smallest absolute Gasteiger partial charge is 0.279 e. The molecule has 1 aliphatic rings. The van der Waals surface area contributed by atoms with Gasteiger partial charge in [0.15, 0.2) is 6.10 Å². The molecule has 3 amide bonds. The van der Waals surface area contributed by atoms with Crippen molar-refractivity contribution in [1.82, 2.24) is 10.9 Å². The number of aryl methyl sites for hydroxylation is 2. The molecule has 7 heteroatoms. The Morgan fingerprint density at radius 2 is 1.62 bits per heavy atom. The molecule has 0 spiro atoms. The van der Waals surface area contributed by atoms with E-state index in [9.17, 15) is 14.4 Å². The minimum absolute atomic E-state index is 0.0343. The Morgan fingerprint density at radius 1 is 0.938 bits per heavy atom. The molecule has 1 aliphatic carbocycles. The van der Waals surface area contributed by atoms with Crippen LogP contribution in [0.3, 0.4) is 0 Å². The number of nitrogens with one attached hydrogen (secondary N) is 3. The van der Waals surface area contributed by atoms with Crippen molar-refractivity contribution >= 4 is 23.4 Å². The highest BCUT2D eigenvalue weighted by atomic mass is 16.5. The second kappa shape index (κ2) is 10.8. The molecule has 170 valence electrons. The van der Waals surface area contributed by atoms with Gasteiger partial charge in [-0.05, 0) is 75.1 Å². The van der Waals surface area contributed by atoms with E-state index < -0.39 is 17.9 Å². The number of carbonyl (C=O) groups is 3. The number of rotatable bonds is 6. The van der Waals surface area contributed by atoms with Gasteiger partial charge >= 0.3 is 0 Å². The molecule has 3 N–H and O–H groups in total. The van der Waals surface area contributed by atoms with Gasteiger partial charge in [-0.3, -0.25) is 25.2 Å². The van der Waals surface area contributed by atoms with E-state index in [0.717, 1.165) is 36.8 Å². The fraction of sp³-hybridized carbons (Fsp3) is 0.400. The third-order valence-corrected chi connectivity index (χ3v) is 5.71. The monoisotopic (exact) mass is 437 g/mol. The van der Waals surface area contributed by atoms with Gasteiger partial charge in [0.05, 0.1) is 0 Å². The number of hydrogen-bond donors (Lipinski definition) is 3. The molecular weight excluding hydrogens is 406 g/mol. The van der Waals surface area contributed by atoms with Crippen LogP contribution in [0.2, 0.25) is 0 Å². The normalized spacial score (nSPS) is 14.8. The van der Waals surface area contributed by atoms with E-state index >= 15 is 0 Å². The molecule has 3 rings (SSSR count). The van der Waals surface area contributed by atoms with E-state index in [0.29, 0.717) is 17.0 Å². The zero-order valence-corrected chi connectivity index (χ0v) is 18.9. The lowest BCUT2D eigenvalue weighted by Crippen LogP contribution is -2.47. The van der Waals surface area contributed by atoms with Crippen LogP contribution >= 0.6 is 0 Å². The molecule has 2 aromatic carbocycles. The van der Waals surface area contributed by atoms with Crippen LogP contribution in [0.4, 0.5) is 5.69 Å². The van der Waals surface area contributed by atoms with Gasteiger partial charge in [-0.15, -0.1) is 0 Å². The second-order valence-electron chi connectivity index (χ2n) is 8.37. The SMILES string of the molecule is Cc1ccc(C)c(OC(C)C(=O)NNC(=O)c2ccc(NC(=O)C3CCCCC3)cc2)c1. The Bertz CT molecular complexity index is 966. The lowest BCUT2D eigenvalue weighted by Gasteiger charge is -2.20. The van der Waals surface area contributed by atoms with Gasteiger partial charge in [0.1, 0.15) is 5.75 Å². The van der Waals surface area contributed by atoms with Gasteiger partial charge in [-0.25, -0.2) is 0 Å². The van der Waals surface area contributed by atoms with Crippen molar-refractivity contribution in [2.45, 2.75) is 59.0 Å². The third-order valence-electron chi connectivity index (χ3n) is 5.71. The first kappa shape index (κ1) is 23.3. The Hall–Kier alpha value is -3.35. The number of hydrazine groups is 1. The molecule has 0 radical (unpaired) electrons. The van der Waals surface area contributed by atoms with Gasteiger partial charge in [0.2, 0.25) is 5.91 Å². The number of benzene rings is 2. The van der Waals surface area contributed by atoms with E-state index in [1.54, 1.807) is 31.2 Å². The molecule has 7 nitrogen and oxygen atoms in total. The Morgan fingerprint density at radius 3 is 2.31 bits per heavy atom. The fourth-order valence-corrected chi connectivity index (χ4v) is 3.68. The van der Waals surface area contributed by atoms with Gasteiger partial charge < -0.3 is 10.1 Å². The van der Waals surface area contributed by atoms with Gasteiger partial charge in [0.25, 0.3) is 11.8 Å². The standard InChI is InChI=1S/C25H31N3O4/c1-16-9-10-17(2)22(15-16)32-18(3)23(29)27-28-25(31)20-11-13-21(14-12-20)26-24(30)19-7-5-4-6-8-19/h9-15,18-19H,4-8H2,1-3H3,(H,26,30)(H,27,29)(H,28,31). The predicted molar refractivity (Wildman–Crippen MR) is 123 cm³/mol. The van der Waals surface area contributed by atoms with Crippen LogP contribution in [-0.2, 0) is 9.59 Å². The van der Waals surface area contributed by atoms with Gasteiger partial charge in [0, 0.05) is 17.2 Å². The molecule has 1 saturated carbocycles. The zero-order chi connectivity index (χ0) is 23.1. The second-order valence-corrected chi connectivity index (χ2v) is 8.37. The molecule has 0 saturated heterocycles. The maximum Gasteiger partial charge on any atom is 0.279 e. The lowest BCUT2D eigenvalue weighted by molar-refractivity contribution is -0.128. The van der Waals surface area contributed by atoms with Gasteiger partial charge in [-0.2, -0.15) is 0 Å². The Kier molecular flexibility index (Phi) is 7.87. The van der Waals surface area contributed by atoms with Crippen molar-refractivity contribution in [3.05, 3.63) is 59.2 Å². The maximum absolute atomic E-state index is 12.4. The molecule has 0 aliphatic heterocycles. The largest absolute Gasteiger partial charge is 0.481 e. The molecule has 0 heterocycles. The summed E-state index contributed by atoms with van der Waals surface area (Å²) in [5.74, 6) is -0.190. The van der Waals surface area contributed by atoms with Crippen molar-refractivity contribution in [2.75, 3.05) is 5.32 Å². The van der Waals surface area contributed by atoms with E-state index in [1.807, 2.05) is 32.0 Å². The topological polar surface area (TPSA) is 96.5 Å². The van der Waals surface area contributed by atoms with Crippen molar-refractivity contribution in [2.24, 2.45) is 5.92 Å². The quantitative estimate of drug-likeness (QED) is 0.594. The van der Waals surface area contributed by atoms with E-state index in [2.05, 4.69) is 16.2 Å². The molecule has 32 heavy (non-hydrogen) atoms. The fourth-order valence-electron chi connectivity index (χ4n) is 3.68. The zero-order valence-electron chi connectivity index (χ0n) is 18.9. The summed E-state index contributed by atoms with van der Waals surface area (Å²) in [6.07, 6.45) is 4.46. The number of carbonyl (C=O) groups excluding carboxylic acids is 3. The first-order valence-electron chi connectivity index (χ1n) is 11.1. The highest BCUT2D eigenvalue weighted by Crippen LogP contribution is 2.25. The molecule has 1 unspecified atom stereocenters. The Labute approximate surface area is 188 Å². The summed E-state index contributed by atoms with van der Waals surface area (Å²) in [6.45, 7) is 5.47. The van der Waals surface area contributed by atoms with Crippen LogP contribution in [0.5, 0.6) is 5.75 Å². The number of hydrogen-bond acceptors (Lipinski definition) is 4. The summed E-state index contributed by atoms with van der Waals surface area (Å²) < 4.78 is 5.72. The summed E-state index contributed by atoms with van der Waals surface area (Å²) in [5, 5.41) is 2.92. The van der Waals surface area contributed by atoms with Crippen molar-refractivity contribution in [1.29, 1.82) is 0 Å². The van der Waals surface area contributed by atoms with E-state index in [4.69, 9.17) is 4.74 Å². The van der Waals surface area contributed by atoms with Crippen LogP contribution in [0.25, 0.3) is 0 Å². The average Bonchev–Trinajstić information content (AvgIpc) is 2.80. The van der Waals surface area contributed by atoms with E-state index in [1.165, 1.54) is 6.42 Å². The molecule has 1 fully saturated rings. The molecular formula is C25H31N3O4. The minimum atomic E-state index is -0.784. The Balaban J connectivity index is 1.48. The van der Waals surface area contributed by atoms with Crippen LogP contribution in [0.1, 0.15) is 60.5 Å². The van der Waals surface area contributed by atoms with E-state index in [-0.39, 0.29) is 11.8 Å².